The molecule has 17 heavy (non-hydrogen) atoms. The molecule has 0 bridgehead atoms. The van der Waals surface area contributed by atoms with Crippen LogP contribution >= 0.6 is 0 Å². The van der Waals surface area contributed by atoms with Gasteiger partial charge in [-0.2, -0.15) is 0 Å². The first-order valence-corrected chi connectivity index (χ1v) is 5.89. The quantitative estimate of drug-likeness (QED) is 0.835. The van der Waals surface area contributed by atoms with E-state index in [1.807, 2.05) is 13.0 Å². The Bertz CT molecular complexity index is 433. The molecular formula is C13H17FN2O. The molecule has 1 amide bonds. The minimum absolute atomic E-state index is 0.0201. The molecule has 0 saturated carbocycles. The molecule has 2 unspecified atom stereocenters. The number of carbonyl (C=O) groups is 1. The standard InChI is InChI=1S/C13H17FN2O/c1-8(7-13(15)17)16-12-6-5-9-10(12)3-2-4-11(9)14/h2-4,8,12,16H,5-7H2,1H3,(H2,15,17). The summed E-state index contributed by atoms with van der Waals surface area (Å²) in [6.07, 6.45) is 1.93. The molecule has 0 aliphatic heterocycles. The number of benzene rings is 1. The van der Waals surface area contributed by atoms with E-state index < -0.39 is 0 Å². The summed E-state index contributed by atoms with van der Waals surface area (Å²) in [6, 6.07) is 5.32. The van der Waals surface area contributed by atoms with Gasteiger partial charge in [-0.25, -0.2) is 4.39 Å². The molecule has 0 saturated heterocycles. The molecule has 92 valence electrons. The van der Waals surface area contributed by atoms with Gasteiger partial charge in [0.25, 0.3) is 0 Å². The number of nitrogens with two attached hydrogens (primary N) is 1. The van der Waals surface area contributed by atoms with Crippen molar-refractivity contribution in [2.45, 2.75) is 38.3 Å². The van der Waals surface area contributed by atoms with Crippen molar-refractivity contribution in [3.05, 3.63) is 35.1 Å². The van der Waals surface area contributed by atoms with Gasteiger partial charge in [-0.05, 0) is 37.0 Å². The lowest BCUT2D eigenvalue weighted by Gasteiger charge is -2.19. The van der Waals surface area contributed by atoms with Crippen LogP contribution in [0.3, 0.4) is 0 Å². The Morgan fingerprint density at radius 1 is 1.65 bits per heavy atom. The lowest BCUT2D eigenvalue weighted by molar-refractivity contribution is -0.118. The van der Waals surface area contributed by atoms with Crippen LogP contribution in [0.15, 0.2) is 18.2 Å². The van der Waals surface area contributed by atoms with Crippen LogP contribution in [0.4, 0.5) is 4.39 Å². The number of fused-ring (bicyclic) bond motifs is 1. The van der Waals surface area contributed by atoms with Gasteiger partial charge in [0.05, 0.1) is 0 Å². The van der Waals surface area contributed by atoms with Crippen molar-refractivity contribution in [2.24, 2.45) is 5.73 Å². The molecule has 0 fully saturated rings. The maximum Gasteiger partial charge on any atom is 0.218 e. The van der Waals surface area contributed by atoms with Gasteiger partial charge in [0, 0.05) is 18.5 Å². The Morgan fingerprint density at radius 3 is 3.12 bits per heavy atom. The van der Waals surface area contributed by atoms with Crippen molar-refractivity contribution < 1.29 is 9.18 Å². The van der Waals surface area contributed by atoms with Gasteiger partial charge in [0.2, 0.25) is 5.91 Å². The maximum absolute atomic E-state index is 13.5. The number of hydrogen-bond acceptors (Lipinski definition) is 2. The third-order valence-electron chi connectivity index (χ3n) is 3.21. The minimum atomic E-state index is -0.317. The fourth-order valence-corrected chi connectivity index (χ4v) is 2.49. The number of halogens is 1. The molecule has 1 aromatic rings. The third-order valence-corrected chi connectivity index (χ3v) is 3.21. The largest absolute Gasteiger partial charge is 0.370 e. The Morgan fingerprint density at radius 2 is 2.41 bits per heavy atom. The first kappa shape index (κ1) is 12.0. The fourth-order valence-electron chi connectivity index (χ4n) is 2.49. The zero-order valence-electron chi connectivity index (χ0n) is 9.87. The van der Waals surface area contributed by atoms with Crippen molar-refractivity contribution in [3.8, 4) is 0 Å². The molecule has 4 heteroatoms. The summed E-state index contributed by atoms with van der Waals surface area (Å²) in [6.45, 7) is 1.92. The van der Waals surface area contributed by atoms with E-state index in [9.17, 15) is 9.18 Å². The summed E-state index contributed by atoms with van der Waals surface area (Å²) in [5.74, 6) is -0.447. The summed E-state index contributed by atoms with van der Waals surface area (Å²) in [7, 11) is 0. The molecule has 0 aromatic heterocycles. The Labute approximate surface area is 100 Å². The predicted octanol–water partition coefficient (Wildman–Crippen LogP) is 1.67. The van der Waals surface area contributed by atoms with Crippen molar-refractivity contribution in [2.75, 3.05) is 0 Å². The summed E-state index contributed by atoms with van der Waals surface area (Å²) >= 11 is 0. The second-order valence-corrected chi connectivity index (χ2v) is 4.64. The van der Waals surface area contributed by atoms with E-state index in [0.717, 1.165) is 24.0 Å². The van der Waals surface area contributed by atoms with Crippen molar-refractivity contribution in [3.63, 3.8) is 0 Å². The van der Waals surface area contributed by atoms with E-state index in [1.54, 1.807) is 6.07 Å². The molecule has 1 aromatic carbocycles. The fraction of sp³-hybridized carbons (Fsp3) is 0.462. The summed E-state index contributed by atoms with van der Waals surface area (Å²) < 4.78 is 13.5. The van der Waals surface area contributed by atoms with Crippen molar-refractivity contribution >= 4 is 5.91 Å². The average molecular weight is 236 g/mol. The van der Waals surface area contributed by atoms with Gasteiger partial charge < -0.3 is 11.1 Å². The molecule has 3 nitrogen and oxygen atoms in total. The van der Waals surface area contributed by atoms with Gasteiger partial charge >= 0.3 is 0 Å². The molecule has 3 N–H and O–H groups in total. The Balaban J connectivity index is 2.07. The molecule has 0 spiro atoms. The Hall–Kier alpha value is -1.42. The second kappa shape index (κ2) is 4.84. The topological polar surface area (TPSA) is 55.1 Å². The Kier molecular flexibility index (Phi) is 3.43. The number of amides is 1. The van der Waals surface area contributed by atoms with Crippen LogP contribution in [0.1, 0.15) is 36.9 Å². The second-order valence-electron chi connectivity index (χ2n) is 4.64. The first-order valence-electron chi connectivity index (χ1n) is 5.89. The van der Waals surface area contributed by atoms with Crippen LogP contribution in [-0.4, -0.2) is 11.9 Å². The van der Waals surface area contributed by atoms with Crippen LogP contribution in [0.25, 0.3) is 0 Å². The van der Waals surface area contributed by atoms with Gasteiger partial charge in [-0.3, -0.25) is 4.79 Å². The minimum Gasteiger partial charge on any atom is -0.370 e. The highest BCUT2D eigenvalue weighted by atomic mass is 19.1. The van der Waals surface area contributed by atoms with Crippen LogP contribution in [0.2, 0.25) is 0 Å². The molecule has 0 heterocycles. The normalized spacial score (nSPS) is 20.0. The highest BCUT2D eigenvalue weighted by Crippen LogP contribution is 2.32. The van der Waals surface area contributed by atoms with E-state index in [2.05, 4.69) is 5.32 Å². The first-order chi connectivity index (χ1) is 8.08. The monoisotopic (exact) mass is 236 g/mol. The van der Waals surface area contributed by atoms with E-state index >= 15 is 0 Å². The van der Waals surface area contributed by atoms with Crippen molar-refractivity contribution in [1.29, 1.82) is 0 Å². The van der Waals surface area contributed by atoms with E-state index in [4.69, 9.17) is 5.73 Å². The van der Waals surface area contributed by atoms with Crippen LogP contribution in [0.5, 0.6) is 0 Å². The van der Waals surface area contributed by atoms with Gasteiger partial charge in [-0.15, -0.1) is 0 Å². The molecular weight excluding hydrogens is 219 g/mol. The van der Waals surface area contributed by atoms with Crippen molar-refractivity contribution in [1.82, 2.24) is 5.32 Å². The zero-order chi connectivity index (χ0) is 12.4. The van der Waals surface area contributed by atoms with Gasteiger partial charge in [0.1, 0.15) is 5.82 Å². The SMILES string of the molecule is CC(CC(N)=O)NC1CCc2c(F)cccc21. The van der Waals surface area contributed by atoms with E-state index in [0.29, 0.717) is 6.42 Å². The van der Waals surface area contributed by atoms with Crippen LogP contribution in [0, 0.1) is 5.82 Å². The number of primary amides is 1. The maximum atomic E-state index is 13.5. The lowest BCUT2D eigenvalue weighted by Crippen LogP contribution is -2.33. The van der Waals surface area contributed by atoms with Crippen LogP contribution in [-0.2, 0) is 11.2 Å². The molecule has 0 radical (unpaired) electrons. The zero-order valence-corrected chi connectivity index (χ0v) is 9.87. The summed E-state index contributed by atoms with van der Waals surface area (Å²) in [5.41, 5.74) is 6.96. The number of nitrogens with one attached hydrogen (secondary N) is 1. The highest BCUT2D eigenvalue weighted by Gasteiger charge is 2.25. The lowest BCUT2D eigenvalue weighted by atomic mass is 10.1. The highest BCUT2D eigenvalue weighted by molar-refractivity contribution is 5.74. The number of hydrogen-bond donors (Lipinski definition) is 2. The van der Waals surface area contributed by atoms with Gasteiger partial charge in [0.15, 0.2) is 0 Å². The van der Waals surface area contributed by atoms with E-state index in [1.165, 1.54) is 6.07 Å². The van der Waals surface area contributed by atoms with E-state index in [-0.39, 0.29) is 23.8 Å². The van der Waals surface area contributed by atoms with Crippen LogP contribution < -0.4 is 11.1 Å². The third kappa shape index (κ3) is 2.64. The van der Waals surface area contributed by atoms with Gasteiger partial charge in [-0.1, -0.05) is 12.1 Å². The molecule has 2 atom stereocenters. The summed E-state index contributed by atoms with van der Waals surface area (Å²) in [5, 5.41) is 3.33. The predicted molar refractivity (Wildman–Crippen MR) is 63.9 cm³/mol. The average Bonchev–Trinajstić information content (AvgIpc) is 2.62. The smallest absolute Gasteiger partial charge is 0.218 e. The molecule has 1 aliphatic rings. The number of carbonyl (C=O) groups excluding carboxylic acids is 1. The molecule has 1 aliphatic carbocycles. The number of rotatable bonds is 4. The molecule has 2 rings (SSSR count). The summed E-state index contributed by atoms with van der Waals surface area (Å²) in [4.78, 5) is 10.8.